The van der Waals surface area contributed by atoms with E-state index >= 15 is 0 Å². The van der Waals surface area contributed by atoms with Gasteiger partial charge >= 0.3 is 0 Å². The summed E-state index contributed by atoms with van der Waals surface area (Å²) in [6.45, 7) is 4.14. The molecule has 0 saturated carbocycles. The molecule has 1 unspecified atom stereocenters. The molecule has 2 heterocycles. The maximum atomic E-state index is 13.3. The maximum absolute atomic E-state index is 13.3. The van der Waals surface area contributed by atoms with Gasteiger partial charge in [0.15, 0.2) is 9.84 Å². The molecule has 0 aromatic heterocycles. The monoisotopic (exact) mass is 491 g/mol. The summed E-state index contributed by atoms with van der Waals surface area (Å²) < 4.78 is 23.3. The SMILES string of the molecule is CS(=O)(=O)c1ccc(CN2CCC3(CCN(CCC(N)c4ccccc4)CC3)C2=O)cc1.Cl. The lowest BCUT2D eigenvalue weighted by Crippen LogP contribution is -2.45. The fraction of sp³-hybridized carbons (Fsp3) is 0.480. The van der Waals surface area contributed by atoms with Gasteiger partial charge in [-0.3, -0.25) is 4.79 Å². The highest BCUT2D eigenvalue weighted by molar-refractivity contribution is 7.90. The quantitative estimate of drug-likeness (QED) is 0.641. The lowest BCUT2D eigenvalue weighted by atomic mass is 9.77. The van der Waals surface area contributed by atoms with Crippen LogP contribution in [0.5, 0.6) is 0 Å². The molecule has 2 aromatic rings. The molecule has 2 aliphatic rings. The molecule has 2 saturated heterocycles. The third kappa shape index (κ3) is 5.96. The van der Waals surface area contributed by atoms with Crippen LogP contribution in [0, 0.1) is 5.41 Å². The summed E-state index contributed by atoms with van der Waals surface area (Å²) in [5.74, 6) is 0.255. The number of carbonyl (C=O) groups is 1. The van der Waals surface area contributed by atoms with Crippen LogP contribution in [0.25, 0.3) is 0 Å². The third-order valence-corrected chi connectivity index (χ3v) is 8.25. The van der Waals surface area contributed by atoms with Gasteiger partial charge < -0.3 is 15.5 Å². The highest BCUT2D eigenvalue weighted by Gasteiger charge is 2.47. The van der Waals surface area contributed by atoms with E-state index in [0.717, 1.165) is 57.4 Å². The number of rotatable bonds is 7. The van der Waals surface area contributed by atoms with Gasteiger partial charge in [0.2, 0.25) is 5.91 Å². The second-order valence-electron chi connectivity index (χ2n) is 9.32. The van der Waals surface area contributed by atoms with E-state index in [2.05, 4.69) is 17.0 Å². The maximum Gasteiger partial charge on any atom is 0.229 e. The first-order valence-corrected chi connectivity index (χ1v) is 13.3. The Bertz CT molecular complexity index is 1040. The van der Waals surface area contributed by atoms with Crippen molar-refractivity contribution in [3.8, 4) is 0 Å². The summed E-state index contributed by atoms with van der Waals surface area (Å²) in [6, 6.07) is 17.1. The van der Waals surface area contributed by atoms with Gasteiger partial charge in [0, 0.05) is 25.4 Å². The van der Waals surface area contributed by atoms with E-state index in [-0.39, 0.29) is 29.8 Å². The zero-order valence-electron chi connectivity index (χ0n) is 19.2. The molecule has 8 heteroatoms. The Kier molecular flexibility index (Phi) is 8.22. The third-order valence-electron chi connectivity index (χ3n) is 7.12. The molecule has 0 bridgehead atoms. The van der Waals surface area contributed by atoms with Gasteiger partial charge in [-0.1, -0.05) is 42.5 Å². The Labute approximate surface area is 203 Å². The van der Waals surface area contributed by atoms with Crippen LogP contribution in [0.15, 0.2) is 59.5 Å². The van der Waals surface area contributed by atoms with Crippen molar-refractivity contribution in [1.82, 2.24) is 9.80 Å². The van der Waals surface area contributed by atoms with Gasteiger partial charge in [-0.05, 0) is 68.6 Å². The summed E-state index contributed by atoms with van der Waals surface area (Å²) in [4.78, 5) is 18.0. The molecule has 180 valence electrons. The minimum absolute atomic E-state index is 0. The number of halogens is 1. The molecule has 33 heavy (non-hydrogen) atoms. The highest BCUT2D eigenvalue weighted by atomic mass is 35.5. The van der Waals surface area contributed by atoms with Gasteiger partial charge in [-0.15, -0.1) is 12.4 Å². The standard InChI is InChI=1S/C25H33N3O3S.ClH/c1-32(30,31)22-9-7-20(8-10-22)19-28-18-14-25(24(28)29)12-16-27(17-13-25)15-11-23(26)21-5-3-2-4-6-21;/h2-10,23H,11-19,26H2,1H3;1H. The largest absolute Gasteiger partial charge is 0.338 e. The number of hydrogen-bond donors (Lipinski definition) is 1. The number of carbonyl (C=O) groups excluding carboxylic acids is 1. The first-order chi connectivity index (χ1) is 15.3. The van der Waals surface area contributed by atoms with Gasteiger partial charge in [0.1, 0.15) is 0 Å². The fourth-order valence-corrected chi connectivity index (χ4v) is 5.59. The van der Waals surface area contributed by atoms with Gasteiger partial charge in [-0.25, -0.2) is 8.42 Å². The minimum Gasteiger partial charge on any atom is -0.338 e. The van der Waals surface area contributed by atoms with Crippen molar-refractivity contribution < 1.29 is 13.2 Å². The second kappa shape index (κ2) is 10.6. The smallest absolute Gasteiger partial charge is 0.229 e. The zero-order chi connectivity index (χ0) is 22.8. The molecule has 2 aromatic carbocycles. The van der Waals surface area contributed by atoms with Crippen LogP contribution in [0.1, 0.15) is 42.9 Å². The van der Waals surface area contributed by atoms with Crippen molar-refractivity contribution >= 4 is 28.2 Å². The Hall–Kier alpha value is -1.93. The molecule has 2 N–H and O–H groups in total. The molecule has 1 atom stereocenters. The van der Waals surface area contributed by atoms with Crippen LogP contribution >= 0.6 is 12.4 Å². The van der Waals surface area contributed by atoms with Gasteiger partial charge in [0.05, 0.1) is 10.3 Å². The van der Waals surface area contributed by atoms with E-state index in [0.29, 0.717) is 11.4 Å². The zero-order valence-corrected chi connectivity index (χ0v) is 20.8. The van der Waals surface area contributed by atoms with Gasteiger partial charge in [-0.2, -0.15) is 0 Å². The summed E-state index contributed by atoms with van der Waals surface area (Å²) in [5.41, 5.74) is 8.26. The molecule has 2 aliphatic heterocycles. The summed E-state index contributed by atoms with van der Waals surface area (Å²) in [5, 5.41) is 0. The molecular weight excluding hydrogens is 458 g/mol. The molecule has 1 spiro atoms. The van der Waals surface area contributed by atoms with E-state index in [9.17, 15) is 13.2 Å². The topological polar surface area (TPSA) is 83.7 Å². The Morgan fingerprint density at radius 1 is 0.970 bits per heavy atom. The number of sulfone groups is 1. The number of nitrogens with zero attached hydrogens (tertiary/aromatic N) is 2. The Morgan fingerprint density at radius 3 is 2.18 bits per heavy atom. The lowest BCUT2D eigenvalue weighted by Gasteiger charge is -2.38. The summed E-state index contributed by atoms with van der Waals surface area (Å²) in [6.07, 6.45) is 4.83. The van der Waals surface area contributed by atoms with E-state index in [4.69, 9.17) is 5.73 Å². The van der Waals surface area contributed by atoms with Crippen molar-refractivity contribution in [2.75, 3.05) is 32.4 Å². The minimum atomic E-state index is -3.20. The Morgan fingerprint density at radius 2 is 1.58 bits per heavy atom. The summed E-state index contributed by atoms with van der Waals surface area (Å²) in [7, 11) is -3.20. The van der Waals surface area contributed by atoms with Crippen molar-refractivity contribution in [2.24, 2.45) is 11.1 Å². The number of benzene rings is 2. The fourth-order valence-electron chi connectivity index (χ4n) is 4.96. The number of nitrogens with two attached hydrogens (primary N) is 1. The van der Waals surface area contributed by atoms with E-state index in [1.807, 2.05) is 35.2 Å². The number of hydrogen-bond acceptors (Lipinski definition) is 5. The van der Waals surface area contributed by atoms with Crippen LogP contribution in [0.2, 0.25) is 0 Å². The predicted molar refractivity (Wildman–Crippen MR) is 133 cm³/mol. The normalized spacial score (nSPS) is 19.5. The molecule has 1 amide bonds. The van der Waals surface area contributed by atoms with Crippen molar-refractivity contribution in [3.05, 3.63) is 65.7 Å². The summed E-state index contributed by atoms with van der Waals surface area (Å²) >= 11 is 0. The highest BCUT2D eigenvalue weighted by Crippen LogP contribution is 2.42. The van der Waals surface area contributed by atoms with Crippen molar-refractivity contribution in [3.63, 3.8) is 0 Å². The second-order valence-corrected chi connectivity index (χ2v) is 11.3. The molecule has 0 aliphatic carbocycles. The number of likely N-dealkylation sites (tertiary alicyclic amines) is 2. The average Bonchev–Trinajstić information content (AvgIpc) is 3.08. The van der Waals surface area contributed by atoms with E-state index in [1.165, 1.54) is 11.8 Å². The molecule has 0 radical (unpaired) electrons. The predicted octanol–water partition coefficient (Wildman–Crippen LogP) is 3.42. The first kappa shape index (κ1) is 25.7. The molecule has 6 nitrogen and oxygen atoms in total. The number of piperidine rings is 1. The van der Waals surface area contributed by atoms with Crippen LogP contribution in [0.3, 0.4) is 0 Å². The number of amides is 1. The van der Waals surface area contributed by atoms with Crippen LogP contribution in [0.4, 0.5) is 0 Å². The average molecular weight is 492 g/mol. The van der Waals surface area contributed by atoms with Crippen molar-refractivity contribution in [2.45, 2.75) is 43.2 Å². The van der Waals surface area contributed by atoms with Gasteiger partial charge in [0.25, 0.3) is 0 Å². The molecule has 2 fully saturated rings. The Balaban J connectivity index is 0.00000306. The van der Waals surface area contributed by atoms with Crippen LogP contribution in [-0.4, -0.2) is 56.6 Å². The van der Waals surface area contributed by atoms with Crippen molar-refractivity contribution in [1.29, 1.82) is 0 Å². The van der Waals surface area contributed by atoms with Crippen LogP contribution < -0.4 is 5.73 Å². The lowest BCUT2D eigenvalue weighted by molar-refractivity contribution is -0.138. The molecule has 4 rings (SSSR count). The molecular formula is C25H34ClN3O3S. The van der Waals surface area contributed by atoms with Crippen LogP contribution in [-0.2, 0) is 21.2 Å². The first-order valence-electron chi connectivity index (χ1n) is 11.4. The van der Waals surface area contributed by atoms with E-state index < -0.39 is 9.84 Å². The van der Waals surface area contributed by atoms with E-state index in [1.54, 1.807) is 12.1 Å².